The molecule has 34 heavy (non-hydrogen) atoms. The molecule has 4 heteroatoms. The normalized spacial score (nSPS) is 18.7. The number of rotatable bonds is 7. The van der Waals surface area contributed by atoms with E-state index < -0.39 is 0 Å². The zero-order valence-electron chi connectivity index (χ0n) is 20.3. The maximum atomic E-state index is 11.7. The lowest BCUT2D eigenvalue weighted by Crippen LogP contribution is -2.38. The summed E-state index contributed by atoms with van der Waals surface area (Å²) >= 11 is 0. The van der Waals surface area contributed by atoms with Gasteiger partial charge in [0.15, 0.2) is 0 Å². The van der Waals surface area contributed by atoms with E-state index in [-0.39, 0.29) is 11.4 Å². The summed E-state index contributed by atoms with van der Waals surface area (Å²) in [4.78, 5) is 14.2. The average Bonchev–Trinajstić information content (AvgIpc) is 3.41. The Kier molecular flexibility index (Phi) is 6.92. The number of benzene rings is 2. The van der Waals surface area contributed by atoms with Crippen LogP contribution in [0.2, 0.25) is 0 Å². The molecule has 1 aliphatic heterocycles. The second-order valence-electron chi connectivity index (χ2n) is 10.1. The van der Waals surface area contributed by atoms with Gasteiger partial charge < -0.3 is 9.47 Å². The first-order valence-electron chi connectivity index (χ1n) is 12.9. The van der Waals surface area contributed by atoms with Crippen molar-refractivity contribution in [3.8, 4) is 17.6 Å². The van der Waals surface area contributed by atoms with E-state index in [0.29, 0.717) is 19.1 Å². The Bertz CT molecular complexity index is 1070. The van der Waals surface area contributed by atoms with E-state index in [1.807, 2.05) is 19.1 Å². The van der Waals surface area contributed by atoms with Crippen molar-refractivity contribution in [1.82, 2.24) is 4.90 Å². The van der Waals surface area contributed by atoms with Crippen molar-refractivity contribution in [3.05, 3.63) is 64.7 Å². The van der Waals surface area contributed by atoms with E-state index >= 15 is 0 Å². The average molecular weight is 458 g/mol. The molecule has 0 aromatic heterocycles. The van der Waals surface area contributed by atoms with Crippen LogP contribution in [0.15, 0.2) is 42.5 Å². The molecule has 4 nitrogen and oxygen atoms in total. The van der Waals surface area contributed by atoms with Crippen molar-refractivity contribution in [3.63, 3.8) is 0 Å². The van der Waals surface area contributed by atoms with Crippen LogP contribution >= 0.6 is 0 Å². The van der Waals surface area contributed by atoms with Crippen molar-refractivity contribution in [2.45, 2.75) is 76.4 Å². The quantitative estimate of drug-likeness (QED) is 0.401. The van der Waals surface area contributed by atoms with Gasteiger partial charge in [-0.25, -0.2) is 0 Å². The number of ether oxygens (including phenoxy) is 2. The van der Waals surface area contributed by atoms with Gasteiger partial charge in [0.25, 0.3) is 0 Å². The molecular formula is C30H35NO3. The highest BCUT2D eigenvalue weighted by molar-refractivity contribution is 5.69. The summed E-state index contributed by atoms with van der Waals surface area (Å²) in [6.07, 6.45) is 9.15. The zero-order chi connectivity index (χ0) is 23.4. The van der Waals surface area contributed by atoms with Crippen LogP contribution < -0.4 is 4.74 Å². The molecule has 2 saturated carbocycles. The largest absolute Gasteiger partial charge is 0.490 e. The highest BCUT2D eigenvalue weighted by Crippen LogP contribution is 2.52. The smallest absolute Gasteiger partial charge is 0.305 e. The van der Waals surface area contributed by atoms with E-state index in [1.165, 1.54) is 49.7 Å². The van der Waals surface area contributed by atoms with Gasteiger partial charge in [-0.1, -0.05) is 17.9 Å². The predicted octanol–water partition coefficient (Wildman–Crippen LogP) is 5.60. The lowest BCUT2D eigenvalue weighted by atomic mass is 9.85. The van der Waals surface area contributed by atoms with Gasteiger partial charge >= 0.3 is 5.97 Å². The molecule has 2 aromatic rings. The van der Waals surface area contributed by atoms with Crippen LogP contribution in [0.25, 0.3) is 0 Å². The molecule has 3 aliphatic rings. The van der Waals surface area contributed by atoms with Gasteiger partial charge in [0.05, 0.1) is 12.7 Å². The first-order chi connectivity index (χ1) is 16.6. The van der Waals surface area contributed by atoms with E-state index in [1.54, 1.807) is 0 Å². The Morgan fingerprint density at radius 2 is 1.79 bits per heavy atom. The van der Waals surface area contributed by atoms with Crippen LogP contribution in [0.4, 0.5) is 0 Å². The molecule has 1 heterocycles. The molecule has 2 fully saturated rings. The van der Waals surface area contributed by atoms with Crippen molar-refractivity contribution in [2.75, 3.05) is 19.7 Å². The van der Waals surface area contributed by atoms with E-state index in [2.05, 4.69) is 47.1 Å². The molecule has 178 valence electrons. The van der Waals surface area contributed by atoms with Gasteiger partial charge in [0.2, 0.25) is 0 Å². The molecule has 0 radical (unpaired) electrons. The lowest BCUT2D eigenvalue weighted by Gasteiger charge is -2.35. The minimum Gasteiger partial charge on any atom is -0.490 e. The number of fused-ring (bicyclic) bond motifs is 2. The van der Waals surface area contributed by atoms with Crippen LogP contribution in [-0.4, -0.2) is 36.7 Å². The molecule has 5 rings (SSSR count). The molecule has 0 amide bonds. The Labute approximate surface area is 203 Å². The number of carbonyl (C=O) groups is 1. The number of esters is 1. The second kappa shape index (κ2) is 10.2. The molecule has 1 spiro atoms. The molecular weight excluding hydrogens is 422 g/mol. The van der Waals surface area contributed by atoms with Crippen LogP contribution in [0.5, 0.6) is 5.75 Å². The predicted molar refractivity (Wildman–Crippen MR) is 134 cm³/mol. The first kappa shape index (κ1) is 23.0. The lowest BCUT2D eigenvalue weighted by molar-refractivity contribution is -0.143. The number of hydrogen-bond acceptors (Lipinski definition) is 4. The summed E-state index contributed by atoms with van der Waals surface area (Å²) in [5.41, 5.74) is 5.30. The monoisotopic (exact) mass is 457 g/mol. The fraction of sp³-hybridized carbons (Fsp3) is 0.500. The summed E-state index contributed by atoms with van der Waals surface area (Å²) in [7, 11) is 0. The van der Waals surface area contributed by atoms with Gasteiger partial charge in [0.1, 0.15) is 5.75 Å². The molecule has 2 aliphatic carbocycles. The van der Waals surface area contributed by atoms with Crippen molar-refractivity contribution < 1.29 is 14.3 Å². The van der Waals surface area contributed by atoms with Crippen LogP contribution in [-0.2, 0) is 21.5 Å². The Morgan fingerprint density at radius 3 is 2.53 bits per heavy atom. The van der Waals surface area contributed by atoms with E-state index in [9.17, 15) is 4.79 Å². The van der Waals surface area contributed by atoms with Crippen molar-refractivity contribution in [1.29, 1.82) is 0 Å². The number of carbonyl (C=O) groups excluding carboxylic acids is 1. The Balaban J connectivity index is 1.21. The second-order valence-corrected chi connectivity index (χ2v) is 10.1. The SMILES string of the molecule is CCOC(=O)CCCN1Cc2ccc(C#Cc3ccc(OC4CCCC4)cc3)cc2C2(CC2)C1. The minimum atomic E-state index is -0.0831. The van der Waals surface area contributed by atoms with Gasteiger partial charge in [-0.3, -0.25) is 9.69 Å². The van der Waals surface area contributed by atoms with E-state index in [4.69, 9.17) is 9.47 Å². The fourth-order valence-corrected chi connectivity index (χ4v) is 5.47. The summed E-state index contributed by atoms with van der Waals surface area (Å²) in [5, 5.41) is 0. The third-order valence-corrected chi connectivity index (χ3v) is 7.43. The number of hydrogen-bond donors (Lipinski definition) is 0. The first-order valence-corrected chi connectivity index (χ1v) is 12.9. The fourth-order valence-electron chi connectivity index (χ4n) is 5.47. The third kappa shape index (κ3) is 5.47. The maximum Gasteiger partial charge on any atom is 0.305 e. The summed E-state index contributed by atoms with van der Waals surface area (Å²) in [5.74, 6) is 7.59. The number of nitrogens with zero attached hydrogens (tertiary/aromatic N) is 1. The zero-order valence-corrected chi connectivity index (χ0v) is 20.3. The standard InChI is InChI=1S/C30H35NO3/c1-2-33-29(32)8-5-19-31-21-25-14-11-24(20-28(25)30(22-31)17-18-30)10-9-23-12-15-27(16-13-23)34-26-6-3-4-7-26/h11-16,20,26H,2-8,17-19,21-22H2,1H3. The van der Waals surface area contributed by atoms with E-state index in [0.717, 1.165) is 42.9 Å². The minimum absolute atomic E-state index is 0.0831. The van der Waals surface area contributed by atoms with Gasteiger partial charge in [-0.2, -0.15) is 0 Å². The Morgan fingerprint density at radius 1 is 1.06 bits per heavy atom. The van der Waals surface area contributed by atoms with Crippen molar-refractivity contribution in [2.24, 2.45) is 0 Å². The van der Waals surface area contributed by atoms with Crippen LogP contribution in [0.1, 0.15) is 80.5 Å². The van der Waals surface area contributed by atoms with Gasteiger partial charge in [0, 0.05) is 36.1 Å². The molecule has 2 aromatic carbocycles. The van der Waals surface area contributed by atoms with Crippen LogP contribution in [0.3, 0.4) is 0 Å². The summed E-state index contributed by atoms with van der Waals surface area (Å²) < 4.78 is 11.1. The molecule has 0 atom stereocenters. The summed E-state index contributed by atoms with van der Waals surface area (Å²) in [6.45, 7) is 5.31. The molecule has 0 unspecified atom stereocenters. The van der Waals surface area contributed by atoms with Gasteiger partial charge in [-0.05, 0) is 106 Å². The van der Waals surface area contributed by atoms with Gasteiger partial charge in [-0.15, -0.1) is 0 Å². The summed E-state index contributed by atoms with van der Waals surface area (Å²) in [6, 6.07) is 15.0. The highest BCUT2D eigenvalue weighted by Gasteiger charge is 2.48. The van der Waals surface area contributed by atoms with Crippen molar-refractivity contribution >= 4 is 5.97 Å². The molecule has 0 bridgehead atoms. The third-order valence-electron chi connectivity index (χ3n) is 7.43. The molecule has 0 saturated heterocycles. The Hall–Kier alpha value is -2.77. The maximum absolute atomic E-state index is 11.7. The topological polar surface area (TPSA) is 38.8 Å². The highest BCUT2D eigenvalue weighted by atomic mass is 16.5. The van der Waals surface area contributed by atoms with Crippen LogP contribution in [0, 0.1) is 11.8 Å². The molecule has 0 N–H and O–H groups in total.